The Morgan fingerprint density at radius 2 is 1.31 bits per heavy atom. The first kappa shape index (κ1) is 18.9. The van der Waals surface area contributed by atoms with E-state index in [4.69, 9.17) is 4.42 Å². The quantitative estimate of drug-likeness (QED) is 0.254. The number of rotatable bonds is 5. The first-order valence-electron chi connectivity index (χ1n) is 9.96. The fourth-order valence-corrected chi connectivity index (χ4v) is 3.56. The molecule has 1 nitrogen and oxygen atoms in total. The van der Waals surface area contributed by atoms with E-state index >= 15 is 0 Å². The molecule has 0 spiro atoms. The van der Waals surface area contributed by atoms with Crippen molar-refractivity contribution in [2.45, 2.75) is 20.3 Å². The summed E-state index contributed by atoms with van der Waals surface area (Å²) in [6.45, 7) is 8.19. The van der Waals surface area contributed by atoms with E-state index in [1.807, 2.05) is 12.1 Å². The summed E-state index contributed by atoms with van der Waals surface area (Å²) < 4.78 is 6.53. The summed E-state index contributed by atoms with van der Waals surface area (Å²) in [5, 5.41) is 0. The predicted molar refractivity (Wildman–Crippen MR) is 123 cm³/mol. The molecule has 0 N–H and O–H groups in total. The van der Waals surface area contributed by atoms with Gasteiger partial charge in [0.1, 0.15) is 0 Å². The molecule has 1 heterocycles. The fourth-order valence-electron chi connectivity index (χ4n) is 3.56. The Hall–Kier alpha value is -3.45. The number of allylic oxidation sites excluding steroid dienone is 1. The van der Waals surface area contributed by atoms with Crippen LogP contribution in [0, 0.1) is 13.8 Å². The Morgan fingerprint density at radius 3 is 1.90 bits per heavy atom. The second-order valence-corrected chi connectivity index (χ2v) is 7.42. The van der Waals surface area contributed by atoms with E-state index in [2.05, 4.69) is 99.3 Å². The van der Waals surface area contributed by atoms with Gasteiger partial charge in [-0.15, -0.1) is 6.58 Å². The second-order valence-electron chi connectivity index (χ2n) is 7.42. The average Bonchev–Trinajstić information content (AvgIpc) is 2.76. The maximum atomic E-state index is 6.53. The molecule has 0 atom stereocenters. The zero-order valence-corrected chi connectivity index (χ0v) is 17.0. The lowest BCUT2D eigenvalue weighted by Gasteiger charge is -2.09. The van der Waals surface area contributed by atoms with Crippen LogP contribution in [0.2, 0.25) is 0 Å². The summed E-state index contributed by atoms with van der Waals surface area (Å²) in [6.07, 6.45) is 2.69. The van der Waals surface area contributed by atoms with Crippen LogP contribution in [0.3, 0.4) is 0 Å². The van der Waals surface area contributed by atoms with E-state index in [-0.39, 0.29) is 0 Å². The van der Waals surface area contributed by atoms with Crippen LogP contribution in [0.15, 0.2) is 102 Å². The monoisotopic (exact) mass is 377 g/mol. The van der Waals surface area contributed by atoms with Gasteiger partial charge in [0.15, 0.2) is 0 Å². The third kappa shape index (κ3) is 4.05. The molecule has 0 saturated heterocycles. The van der Waals surface area contributed by atoms with Gasteiger partial charge in [-0.3, -0.25) is 0 Å². The fraction of sp³-hybridized carbons (Fsp3) is 0.107. The van der Waals surface area contributed by atoms with Crippen LogP contribution in [0.4, 0.5) is 0 Å². The topological polar surface area (TPSA) is 11.3 Å². The van der Waals surface area contributed by atoms with Crippen molar-refractivity contribution in [1.29, 1.82) is 0 Å². The standard InChI is InChI=1S/C28H25O/c1-4-8-25-26(22-9-6-5-7-10-22)19-27(23-15-11-20(2)12-16-23)29-28(25)24-17-13-21(3)14-18-24/h4-7,9-19H,1,8H2,2-3H3/q+1. The van der Waals surface area contributed by atoms with Crippen LogP contribution in [0.5, 0.6) is 0 Å². The maximum Gasteiger partial charge on any atom is 0.364 e. The van der Waals surface area contributed by atoms with Crippen molar-refractivity contribution in [3.63, 3.8) is 0 Å². The highest BCUT2D eigenvalue weighted by Gasteiger charge is 2.26. The van der Waals surface area contributed by atoms with E-state index in [0.717, 1.165) is 34.6 Å². The molecule has 3 aromatic carbocycles. The van der Waals surface area contributed by atoms with E-state index in [1.165, 1.54) is 22.3 Å². The van der Waals surface area contributed by atoms with Gasteiger partial charge in [0, 0.05) is 12.0 Å². The zero-order valence-electron chi connectivity index (χ0n) is 17.0. The van der Waals surface area contributed by atoms with Crippen molar-refractivity contribution in [2.24, 2.45) is 0 Å². The molecule has 29 heavy (non-hydrogen) atoms. The van der Waals surface area contributed by atoms with Crippen LogP contribution in [0.25, 0.3) is 33.8 Å². The zero-order chi connectivity index (χ0) is 20.2. The van der Waals surface area contributed by atoms with Crippen LogP contribution in [-0.4, -0.2) is 0 Å². The van der Waals surface area contributed by atoms with Crippen LogP contribution >= 0.6 is 0 Å². The van der Waals surface area contributed by atoms with Gasteiger partial charge >= 0.3 is 11.5 Å². The van der Waals surface area contributed by atoms with Crippen molar-refractivity contribution >= 4 is 0 Å². The van der Waals surface area contributed by atoms with Crippen LogP contribution in [0.1, 0.15) is 16.7 Å². The Bertz CT molecular complexity index is 1120. The largest absolute Gasteiger partial charge is 0.364 e. The van der Waals surface area contributed by atoms with Gasteiger partial charge < -0.3 is 0 Å². The third-order valence-corrected chi connectivity index (χ3v) is 5.17. The van der Waals surface area contributed by atoms with Gasteiger partial charge in [-0.1, -0.05) is 71.8 Å². The summed E-state index contributed by atoms with van der Waals surface area (Å²) >= 11 is 0. The highest BCUT2D eigenvalue weighted by atomic mass is 16.3. The lowest BCUT2D eigenvalue weighted by Crippen LogP contribution is -1.96. The molecule has 0 fully saturated rings. The van der Waals surface area contributed by atoms with Gasteiger partial charge in [-0.25, -0.2) is 4.42 Å². The first-order valence-corrected chi connectivity index (χ1v) is 9.96. The van der Waals surface area contributed by atoms with Gasteiger partial charge in [0.05, 0.1) is 22.8 Å². The summed E-state index contributed by atoms with van der Waals surface area (Å²) in [4.78, 5) is 0. The summed E-state index contributed by atoms with van der Waals surface area (Å²) in [5.74, 6) is 1.77. The number of hydrogen-bond donors (Lipinski definition) is 0. The molecule has 4 rings (SSSR count). The first-order chi connectivity index (χ1) is 14.2. The Balaban J connectivity index is 2.01. The van der Waals surface area contributed by atoms with Crippen LogP contribution in [-0.2, 0) is 6.42 Å². The summed E-state index contributed by atoms with van der Waals surface area (Å²) in [6, 6.07) is 29.7. The molecular weight excluding hydrogens is 352 g/mol. The minimum Gasteiger partial charge on any atom is -0.206 e. The lowest BCUT2D eigenvalue weighted by atomic mass is 9.93. The number of benzene rings is 3. The number of aryl methyl sites for hydroxylation is 2. The van der Waals surface area contributed by atoms with E-state index < -0.39 is 0 Å². The lowest BCUT2D eigenvalue weighted by molar-refractivity contribution is 0.577. The van der Waals surface area contributed by atoms with E-state index in [1.54, 1.807) is 0 Å². The second kappa shape index (κ2) is 8.28. The molecule has 1 aromatic heterocycles. The van der Waals surface area contributed by atoms with Gasteiger partial charge in [-0.05, 0) is 43.7 Å². The van der Waals surface area contributed by atoms with Crippen molar-refractivity contribution in [1.82, 2.24) is 0 Å². The minimum absolute atomic E-state index is 0.741. The van der Waals surface area contributed by atoms with Crippen LogP contribution < -0.4 is 0 Å². The van der Waals surface area contributed by atoms with Crippen molar-refractivity contribution in [2.75, 3.05) is 0 Å². The molecule has 0 saturated carbocycles. The molecule has 0 bridgehead atoms. The Kier molecular flexibility index (Phi) is 5.39. The van der Waals surface area contributed by atoms with E-state index in [0.29, 0.717) is 0 Å². The smallest absolute Gasteiger partial charge is 0.206 e. The molecule has 1 heteroatoms. The third-order valence-electron chi connectivity index (χ3n) is 5.17. The molecule has 0 aliphatic rings. The predicted octanol–water partition coefficient (Wildman–Crippen LogP) is 7.91. The normalized spacial score (nSPS) is 10.7. The number of hydrogen-bond acceptors (Lipinski definition) is 0. The molecule has 0 unspecified atom stereocenters. The Labute approximate surface area is 173 Å². The molecule has 0 aliphatic heterocycles. The molecule has 0 radical (unpaired) electrons. The highest BCUT2D eigenvalue weighted by Crippen LogP contribution is 2.38. The van der Waals surface area contributed by atoms with Gasteiger partial charge in [0.2, 0.25) is 0 Å². The molecular formula is C28H25O+. The van der Waals surface area contributed by atoms with Gasteiger partial charge in [-0.2, -0.15) is 0 Å². The molecule has 142 valence electrons. The highest BCUT2D eigenvalue weighted by molar-refractivity contribution is 5.79. The summed E-state index contributed by atoms with van der Waals surface area (Å²) in [7, 11) is 0. The van der Waals surface area contributed by atoms with Gasteiger partial charge in [0.25, 0.3) is 0 Å². The summed E-state index contributed by atoms with van der Waals surface area (Å²) in [5.41, 5.74) is 8.15. The van der Waals surface area contributed by atoms with Crippen molar-refractivity contribution in [3.8, 4) is 33.8 Å². The minimum atomic E-state index is 0.741. The SMILES string of the molecule is C=CCc1c(-c2ccccc2)cc(-c2ccc(C)cc2)[o+]c1-c1ccc(C)cc1. The van der Waals surface area contributed by atoms with Crippen molar-refractivity contribution in [3.05, 3.63) is 114 Å². The molecule has 0 amide bonds. The maximum absolute atomic E-state index is 6.53. The molecule has 0 aliphatic carbocycles. The Morgan fingerprint density at radius 1 is 0.724 bits per heavy atom. The average molecular weight is 378 g/mol. The molecule has 4 aromatic rings. The van der Waals surface area contributed by atoms with E-state index in [9.17, 15) is 0 Å². The van der Waals surface area contributed by atoms with Crippen molar-refractivity contribution < 1.29 is 4.42 Å².